The molecular weight excluding hydrogens is 418 g/mol. The molecule has 0 amide bonds. The van der Waals surface area contributed by atoms with Gasteiger partial charge in [0.2, 0.25) is 11.6 Å². The van der Waals surface area contributed by atoms with E-state index >= 15 is 0 Å². The van der Waals surface area contributed by atoms with Gasteiger partial charge < -0.3 is 14.6 Å². The van der Waals surface area contributed by atoms with E-state index in [4.69, 9.17) is 9.47 Å². The quantitative estimate of drug-likeness (QED) is 0.195. The number of benzene rings is 2. The Morgan fingerprint density at radius 2 is 1.78 bits per heavy atom. The molecule has 1 aliphatic rings. The van der Waals surface area contributed by atoms with Crippen LogP contribution in [0.1, 0.15) is 63.3 Å². The van der Waals surface area contributed by atoms with E-state index in [1.54, 1.807) is 6.07 Å². The molecule has 0 aromatic heterocycles. The van der Waals surface area contributed by atoms with Gasteiger partial charge in [0, 0.05) is 28.0 Å². The number of carbonyl (C=O) groups excluding carboxylic acids is 3. The van der Waals surface area contributed by atoms with Gasteiger partial charge >= 0.3 is 6.04 Å². The van der Waals surface area contributed by atoms with Gasteiger partial charge in [-0.05, 0) is 43.7 Å². The number of phenolic OH excluding ortho intramolecular Hbond substituents is 1. The average Bonchev–Trinajstić information content (AvgIpc) is 2.99. The summed E-state index contributed by atoms with van der Waals surface area (Å²) >= 11 is 0. The van der Waals surface area contributed by atoms with Crippen molar-refractivity contribution in [2.24, 2.45) is 0 Å². The maximum Gasteiger partial charge on any atom is 0.336 e. The van der Waals surface area contributed by atoms with E-state index in [0.29, 0.717) is 29.9 Å². The normalized spacial score (nSPS) is 14.9. The summed E-state index contributed by atoms with van der Waals surface area (Å²) in [7, 11) is 0. The van der Waals surface area contributed by atoms with Gasteiger partial charge in [-0.25, -0.2) is 0 Å². The highest BCUT2D eigenvalue weighted by Crippen LogP contribution is 2.33. The van der Waals surface area contributed by atoms with Crippen LogP contribution in [0.15, 0.2) is 30.3 Å². The van der Waals surface area contributed by atoms with Crippen LogP contribution in [0.25, 0.3) is 0 Å². The molecule has 168 valence electrons. The van der Waals surface area contributed by atoms with E-state index in [1.807, 2.05) is 6.92 Å². The first-order valence-electron chi connectivity index (χ1n) is 10.2. The Hall–Kier alpha value is -3.75. The van der Waals surface area contributed by atoms with Gasteiger partial charge in [0.1, 0.15) is 17.2 Å². The van der Waals surface area contributed by atoms with E-state index in [2.05, 4.69) is 0 Å². The van der Waals surface area contributed by atoms with Crippen LogP contribution in [0.2, 0.25) is 0 Å². The Kier molecular flexibility index (Phi) is 6.87. The molecule has 2 aromatic carbocycles. The largest absolute Gasteiger partial charge is 0.507 e. The molecule has 9 nitrogen and oxygen atoms in total. The number of nitrogens with zero attached hydrogens (tertiary/aromatic N) is 1. The Bertz CT molecular complexity index is 1090. The highest BCUT2D eigenvalue weighted by Gasteiger charge is 2.47. The van der Waals surface area contributed by atoms with Gasteiger partial charge in [-0.15, -0.1) is 0 Å². The van der Waals surface area contributed by atoms with Crippen LogP contribution in [0.3, 0.4) is 0 Å². The first-order valence-corrected chi connectivity index (χ1v) is 10.2. The van der Waals surface area contributed by atoms with Gasteiger partial charge in [0.15, 0.2) is 5.78 Å². The molecule has 0 radical (unpaired) electrons. The molecule has 1 unspecified atom stereocenters. The maximum absolute atomic E-state index is 12.1. The number of ether oxygens (including phenoxy) is 2. The number of fused-ring (bicyclic) bond motifs is 1. The molecule has 0 saturated carbocycles. The second kappa shape index (κ2) is 9.59. The summed E-state index contributed by atoms with van der Waals surface area (Å²) in [6.07, 6.45) is 1.80. The minimum atomic E-state index is -1.88. The second-order valence-electron chi connectivity index (χ2n) is 7.42. The van der Waals surface area contributed by atoms with Crippen molar-refractivity contribution in [3.63, 3.8) is 0 Å². The van der Waals surface area contributed by atoms with Crippen LogP contribution >= 0.6 is 0 Å². The fourth-order valence-electron chi connectivity index (χ4n) is 3.60. The maximum atomic E-state index is 12.1. The lowest BCUT2D eigenvalue weighted by atomic mass is 10.0. The molecule has 1 N–H and O–H groups in total. The number of Topliss-reactive ketones (excluding diaryl/α,β-unsaturated/α-hetero) is 3. The van der Waals surface area contributed by atoms with Gasteiger partial charge in [-0.2, -0.15) is 0 Å². The highest BCUT2D eigenvalue weighted by atomic mass is 16.6. The van der Waals surface area contributed by atoms with Crippen molar-refractivity contribution in [3.05, 3.63) is 62.7 Å². The summed E-state index contributed by atoms with van der Waals surface area (Å²) in [5, 5.41) is 21.3. The topological polar surface area (TPSA) is 133 Å². The smallest absolute Gasteiger partial charge is 0.336 e. The summed E-state index contributed by atoms with van der Waals surface area (Å²) < 4.78 is 11.4. The van der Waals surface area contributed by atoms with Crippen molar-refractivity contribution >= 4 is 17.3 Å². The lowest BCUT2D eigenvalue weighted by Gasteiger charge is -2.15. The van der Waals surface area contributed by atoms with Crippen LogP contribution in [0, 0.1) is 10.1 Å². The first-order chi connectivity index (χ1) is 15.3. The van der Waals surface area contributed by atoms with Crippen LogP contribution < -0.4 is 9.47 Å². The molecule has 1 atom stereocenters. The fourth-order valence-corrected chi connectivity index (χ4v) is 3.60. The number of hydrogen-bond donors (Lipinski definition) is 1. The number of nitro groups is 1. The lowest BCUT2D eigenvalue weighted by Crippen LogP contribution is -2.31. The summed E-state index contributed by atoms with van der Waals surface area (Å²) in [5.41, 5.74) is 0.872. The number of hydrogen-bond acceptors (Lipinski definition) is 8. The molecule has 1 aliphatic carbocycles. The number of carbonyl (C=O) groups is 3. The summed E-state index contributed by atoms with van der Waals surface area (Å²) in [4.78, 5) is 45.8. The Balaban J connectivity index is 1.58. The van der Waals surface area contributed by atoms with Crippen molar-refractivity contribution < 1.29 is 33.9 Å². The van der Waals surface area contributed by atoms with Crippen LogP contribution in [0.4, 0.5) is 0 Å². The van der Waals surface area contributed by atoms with Crippen LogP contribution in [-0.2, 0) is 6.42 Å². The minimum absolute atomic E-state index is 0.00399. The Morgan fingerprint density at radius 3 is 2.44 bits per heavy atom. The van der Waals surface area contributed by atoms with E-state index in [0.717, 1.165) is 6.42 Å². The number of phenols is 1. The summed E-state index contributed by atoms with van der Waals surface area (Å²) in [6.45, 7) is 3.87. The predicted molar refractivity (Wildman–Crippen MR) is 114 cm³/mol. The van der Waals surface area contributed by atoms with Crippen LogP contribution in [0.5, 0.6) is 17.2 Å². The Labute approximate surface area is 184 Å². The molecule has 0 aliphatic heterocycles. The molecule has 0 fully saturated rings. The van der Waals surface area contributed by atoms with Crippen molar-refractivity contribution in [2.45, 2.75) is 39.2 Å². The molecule has 0 bridgehead atoms. The molecule has 9 heteroatoms. The third-order valence-corrected chi connectivity index (χ3v) is 5.16. The van der Waals surface area contributed by atoms with E-state index in [-0.39, 0.29) is 41.4 Å². The zero-order valence-corrected chi connectivity index (χ0v) is 17.8. The summed E-state index contributed by atoms with van der Waals surface area (Å²) in [6, 6.07) is 5.52. The minimum Gasteiger partial charge on any atom is -0.507 e. The zero-order valence-electron chi connectivity index (χ0n) is 17.8. The van der Waals surface area contributed by atoms with Gasteiger partial charge in [-0.1, -0.05) is 13.3 Å². The predicted octanol–water partition coefficient (Wildman–Crippen LogP) is 3.42. The Morgan fingerprint density at radius 1 is 1.09 bits per heavy atom. The van der Waals surface area contributed by atoms with Gasteiger partial charge in [-0.3, -0.25) is 24.5 Å². The van der Waals surface area contributed by atoms with E-state index in [1.165, 1.54) is 31.2 Å². The van der Waals surface area contributed by atoms with E-state index in [9.17, 15) is 29.6 Å². The number of ketones is 3. The average molecular weight is 441 g/mol. The first kappa shape index (κ1) is 22.9. The molecule has 0 heterocycles. The molecular formula is C23H23NO8. The fraction of sp³-hybridized carbons (Fsp3) is 0.348. The third-order valence-electron chi connectivity index (χ3n) is 5.16. The highest BCUT2D eigenvalue weighted by molar-refractivity contribution is 6.28. The van der Waals surface area contributed by atoms with Crippen LogP contribution in [-0.4, -0.2) is 46.6 Å². The second-order valence-corrected chi connectivity index (χ2v) is 7.42. The standard InChI is InChI=1S/C23H23NO8/c1-3-5-17-19(9-8-15(13(2)25)21(17)26)32-11-4-10-31-14-6-7-16-18(12-14)23(28)20(22(16)27)24(29)30/h6-9,12,20,26H,3-5,10-11H2,1-2H3. The van der Waals surface area contributed by atoms with Gasteiger partial charge in [0.25, 0.3) is 0 Å². The van der Waals surface area contributed by atoms with Crippen molar-refractivity contribution in [1.82, 2.24) is 0 Å². The number of aromatic hydroxyl groups is 1. The molecule has 0 saturated heterocycles. The molecule has 2 aromatic rings. The van der Waals surface area contributed by atoms with Gasteiger partial charge in [0.05, 0.1) is 18.8 Å². The SMILES string of the molecule is CCCc1c(OCCCOc2ccc3c(c2)C(=O)C([N+](=O)[O-])C3=O)ccc(C(C)=O)c1O. The summed E-state index contributed by atoms with van der Waals surface area (Å²) in [5.74, 6) is -1.10. The lowest BCUT2D eigenvalue weighted by molar-refractivity contribution is -0.488. The molecule has 32 heavy (non-hydrogen) atoms. The molecule has 3 rings (SSSR count). The third kappa shape index (κ3) is 4.46. The van der Waals surface area contributed by atoms with Crippen molar-refractivity contribution in [3.8, 4) is 17.2 Å². The monoisotopic (exact) mass is 441 g/mol. The molecule has 0 spiro atoms. The van der Waals surface area contributed by atoms with E-state index < -0.39 is 22.5 Å². The van der Waals surface area contributed by atoms with Crippen molar-refractivity contribution in [2.75, 3.05) is 13.2 Å². The zero-order chi connectivity index (χ0) is 23.4. The number of rotatable bonds is 10. The van der Waals surface area contributed by atoms with Crippen molar-refractivity contribution in [1.29, 1.82) is 0 Å².